The van der Waals surface area contributed by atoms with E-state index in [1.54, 1.807) is 12.1 Å². The van der Waals surface area contributed by atoms with Gasteiger partial charge in [0.1, 0.15) is 5.69 Å². The second-order valence-electron chi connectivity index (χ2n) is 6.45. The van der Waals surface area contributed by atoms with Crippen molar-refractivity contribution < 1.29 is 26.3 Å². The summed E-state index contributed by atoms with van der Waals surface area (Å²) in [5.41, 5.74) is -2.54. The third kappa shape index (κ3) is 3.70. The van der Waals surface area contributed by atoms with Crippen LogP contribution in [0.1, 0.15) is 17.0 Å². The minimum Gasteiger partial charge on any atom is -0.264 e. The maximum absolute atomic E-state index is 13.8. The molecule has 0 aliphatic carbocycles. The molecule has 3 heterocycles. The molecule has 0 N–H and O–H groups in total. The van der Waals surface area contributed by atoms with Crippen LogP contribution in [0.3, 0.4) is 0 Å². The second-order valence-corrected chi connectivity index (χ2v) is 6.45. The zero-order valence-corrected chi connectivity index (χ0v) is 15.3. The number of halogens is 6. The summed E-state index contributed by atoms with van der Waals surface area (Å²) in [4.78, 5) is 8.13. The van der Waals surface area contributed by atoms with Crippen molar-refractivity contribution in [2.75, 3.05) is 0 Å². The zero-order chi connectivity index (χ0) is 22.4. The Morgan fingerprint density at radius 1 is 0.903 bits per heavy atom. The lowest BCUT2D eigenvalue weighted by Crippen LogP contribution is -2.14. The van der Waals surface area contributed by atoms with Gasteiger partial charge in [0.05, 0.1) is 16.8 Å². The van der Waals surface area contributed by atoms with E-state index in [0.717, 1.165) is 18.2 Å². The maximum atomic E-state index is 13.8. The van der Waals surface area contributed by atoms with E-state index in [1.165, 1.54) is 18.5 Å². The number of nitrogens with zero attached hydrogens (tertiary/aromatic N) is 4. The molecule has 0 aliphatic heterocycles. The van der Waals surface area contributed by atoms with E-state index in [4.69, 9.17) is 6.42 Å². The molecule has 0 spiro atoms. The molecule has 0 radical (unpaired) electrons. The number of terminal acetylenes is 1. The van der Waals surface area contributed by atoms with Crippen LogP contribution >= 0.6 is 0 Å². The number of benzene rings is 1. The normalized spacial score (nSPS) is 12.2. The lowest BCUT2D eigenvalue weighted by atomic mass is 10.1. The number of pyridine rings is 1. The minimum atomic E-state index is -4.87. The van der Waals surface area contributed by atoms with Gasteiger partial charge < -0.3 is 0 Å². The van der Waals surface area contributed by atoms with Crippen molar-refractivity contribution in [3.05, 3.63) is 71.8 Å². The molecule has 10 heteroatoms. The standard InChI is InChI=1S/C21H10F6N4/c1-2-15-18(13-6-4-8-28-11-13)19-29-16(10-17(21(25,26)27)31(19)30-15)12-5-3-7-14(9-12)20(22,23)24/h1,3-11H. The molecule has 0 bridgehead atoms. The Bertz CT molecular complexity index is 1310. The van der Waals surface area contributed by atoms with Crippen LogP contribution in [0.25, 0.3) is 28.0 Å². The highest BCUT2D eigenvalue weighted by Gasteiger charge is 2.37. The molecule has 0 saturated heterocycles. The molecule has 156 valence electrons. The van der Waals surface area contributed by atoms with Crippen LogP contribution in [0.5, 0.6) is 0 Å². The smallest absolute Gasteiger partial charge is 0.264 e. The minimum absolute atomic E-state index is 0.104. The average molecular weight is 432 g/mol. The van der Waals surface area contributed by atoms with Crippen LogP contribution in [0.2, 0.25) is 0 Å². The molecule has 1 aromatic carbocycles. The highest BCUT2D eigenvalue weighted by atomic mass is 19.4. The van der Waals surface area contributed by atoms with E-state index in [0.29, 0.717) is 16.1 Å². The van der Waals surface area contributed by atoms with Gasteiger partial charge >= 0.3 is 12.4 Å². The van der Waals surface area contributed by atoms with Gasteiger partial charge in [0.25, 0.3) is 0 Å². The van der Waals surface area contributed by atoms with E-state index in [1.807, 2.05) is 0 Å². The molecule has 3 aromatic heterocycles. The molecule has 31 heavy (non-hydrogen) atoms. The van der Waals surface area contributed by atoms with Crippen molar-refractivity contribution >= 4 is 5.65 Å². The molecule has 0 atom stereocenters. The Morgan fingerprint density at radius 3 is 2.26 bits per heavy atom. The maximum Gasteiger partial charge on any atom is 0.433 e. The van der Waals surface area contributed by atoms with Crippen molar-refractivity contribution in [3.8, 4) is 34.7 Å². The molecule has 4 rings (SSSR count). The molecule has 0 fully saturated rings. The number of rotatable bonds is 2. The number of aromatic nitrogens is 4. The molecule has 0 amide bonds. The van der Waals surface area contributed by atoms with Crippen molar-refractivity contribution in [1.29, 1.82) is 0 Å². The molecular weight excluding hydrogens is 422 g/mol. The Hall–Kier alpha value is -3.87. The first-order valence-corrected chi connectivity index (χ1v) is 8.65. The number of hydrogen-bond donors (Lipinski definition) is 0. The predicted octanol–water partition coefficient (Wildman–Crippen LogP) is 5.48. The van der Waals surface area contributed by atoms with Crippen LogP contribution in [0.4, 0.5) is 26.3 Å². The quantitative estimate of drug-likeness (QED) is 0.311. The van der Waals surface area contributed by atoms with Gasteiger partial charge in [0, 0.05) is 23.5 Å². The van der Waals surface area contributed by atoms with Crippen molar-refractivity contribution in [1.82, 2.24) is 19.6 Å². The fraction of sp³-hybridized carbons (Fsp3) is 0.0952. The van der Waals surface area contributed by atoms with Crippen molar-refractivity contribution in [2.24, 2.45) is 0 Å². The van der Waals surface area contributed by atoms with Gasteiger partial charge in [-0.15, -0.1) is 6.42 Å². The Labute approximate surface area is 171 Å². The monoisotopic (exact) mass is 432 g/mol. The summed E-state index contributed by atoms with van der Waals surface area (Å²) in [6.45, 7) is 0. The lowest BCUT2D eigenvalue weighted by molar-refractivity contribution is -0.142. The van der Waals surface area contributed by atoms with E-state index in [9.17, 15) is 26.3 Å². The summed E-state index contributed by atoms with van der Waals surface area (Å²) in [6, 6.07) is 7.67. The second kappa shape index (κ2) is 7.12. The Morgan fingerprint density at radius 2 is 1.65 bits per heavy atom. The van der Waals surface area contributed by atoms with E-state index in [-0.39, 0.29) is 28.2 Å². The fourth-order valence-corrected chi connectivity index (χ4v) is 3.10. The van der Waals surface area contributed by atoms with Gasteiger partial charge in [-0.3, -0.25) is 4.98 Å². The van der Waals surface area contributed by atoms with Crippen LogP contribution in [0.15, 0.2) is 54.9 Å². The molecule has 4 nitrogen and oxygen atoms in total. The molecule has 0 aliphatic rings. The largest absolute Gasteiger partial charge is 0.433 e. The van der Waals surface area contributed by atoms with Crippen LogP contribution < -0.4 is 0 Å². The highest BCUT2D eigenvalue weighted by molar-refractivity contribution is 5.83. The van der Waals surface area contributed by atoms with Crippen molar-refractivity contribution in [2.45, 2.75) is 12.4 Å². The molecule has 0 saturated carbocycles. The van der Waals surface area contributed by atoms with Crippen LogP contribution in [-0.4, -0.2) is 19.6 Å². The summed E-state index contributed by atoms with van der Waals surface area (Å²) in [7, 11) is 0. The first-order valence-electron chi connectivity index (χ1n) is 8.65. The van der Waals surface area contributed by atoms with Crippen LogP contribution in [-0.2, 0) is 12.4 Å². The van der Waals surface area contributed by atoms with Gasteiger partial charge in [-0.1, -0.05) is 18.2 Å². The van der Waals surface area contributed by atoms with Gasteiger partial charge in [0.15, 0.2) is 11.3 Å². The lowest BCUT2D eigenvalue weighted by Gasteiger charge is -2.13. The third-order valence-corrected chi connectivity index (χ3v) is 4.45. The Balaban J connectivity index is 2.07. The summed E-state index contributed by atoms with van der Waals surface area (Å²) in [6.07, 6.45) is -1.25. The van der Waals surface area contributed by atoms with E-state index >= 15 is 0 Å². The molecular formula is C21H10F6N4. The topological polar surface area (TPSA) is 43.1 Å². The fourth-order valence-electron chi connectivity index (χ4n) is 3.10. The first-order chi connectivity index (χ1) is 14.6. The highest BCUT2D eigenvalue weighted by Crippen LogP contribution is 2.37. The summed E-state index contributed by atoms with van der Waals surface area (Å²) in [5.74, 6) is 2.23. The Kier molecular flexibility index (Phi) is 4.69. The predicted molar refractivity (Wildman–Crippen MR) is 99.6 cm³/mol. The van der Waals surface area contributed by atoms with Crippen LogP contribution in [0, 0.1) is 12.3 Å². The number of alkyl halides is 6. The molecule has 4 aromatic rings. The number of hydrogen-bond acceptors (Lipinski definition) is 3. The van der Waals surface area contributed by atoms with E-state index in [2.05, 4.69) is 21.0 Å². The molecule has 0 unspecified atom stereocenters. The van der Waals surface area contributed by atoms with Crippen molar-refractivity contribution in [3.63, 3.8) is 0 Å². The number of fused-ring (bicyclic) bond motifs is 1. The zero-order valence-electron chi connectivity index (χ0n) is 15.3. The van der Waals surface area contributed by atoms with E-state index < -0.39 is 23.6 Å². The summed E-state index contributed by atoms with van der Waals surface area (Å²) in [5, 5.41) is 3.86. The average Bonchev–Trinajstić information content (AvgIpc) is 3.11. The summed E-state index contributed by atoms with van der Waals surface area (Å²) >= 11 is 0. The van der Waals surface area contributed by atoms with Gasteiger partial charge in [-0.25, -0.2) is 9.50 Å². The first kappa shape index (κ1) is 20.4. The van der Waals surface area contributed by atoms with Gasteiger partial charge in [-0.2, -0.15) is 31.4 Å². The van der Waals surface area contributed by atoms with Gasteiger partial charge in [-0.05, 0) is 30.2 Å². The summed E-state index contributed by atoms with van der Waals surface area (Å²) < 4.78 is 81.2. The third-order valence-electron chi connectivity index (χ3n) is 4.45. The SMILES string of the molecule is C#Cc1nn2c(C(F)(F)F)cc(-c3cccc(C(F)(F)F)c3)nc2c1-c1cccnc1. The van der Waals surface area contributed by atoms with Gasteiger partial charge in [0.2, 0.25) is 0 Å².